The zero-order valence-corrected chi connectivity index (χ0v) is 15.7. The molecule has 1 aromatic carbocycles. The molecule has 0 aliphatic carbocycles. The van der Waals surface area contributed by atoms with Gasteiger partial charge in [0.1, 0.15) is 12.3 Å². The molecule has 4 aromatic rings. The number of aliphatic imine (C=N–C) groups is 1. The maximum Gasteiger partial charge on any atom is 0.137 e. The summed E-state index contributed by atoms with van der Waals surface area (Å²) in [7, 11) is 0. The predicted octanol–water partition coefficient (Wildman–Crippen LogP) is 2.78. The molecule has 1 aliphatic rings. The Bertz CT molecular complexity index is 1040. The molecule has 3 aromatic heterocycles. The molecule has 5 rings (SSSR count). The number of rotatable bonds is 6. The Morgan fingerprint density at radius 2 is 1.21 bits per heavy atom. The fourth-order valence-corrected chi connectivity index (χ4v) is 3.68. The maximum atomic E-state index is 4.23. The summed E-state index contributed by atoms with van der Waals surface area (Å²) in [5.74, 6) is 0. The lowest BCUT2D eigenvalue weighted by atomic mass is 10.1. The van der Waals surface area contributed by atoms with Crippen molar-refractivity contribution in [2.75, 3.05) is 6.54 Å². The van der Waals surface area contributed by atoms with Crippen molar-refractivity contribution in [3.63, 3.8) is 0 Å². The van der Waals surface area contributed by atoms with Gasteiger partial charge in [-0.1, -0.05) is 24.3 Å². The lowest BCUT2D eigenvalue weighted by molar-refractivity contribution is 0.274. The quantitative estimate of drug-likeness (QED) is 0.513. The van der Waals surface area contributed by atoms with E-state index in [1.165, 1.54) is 5.56 Å². The van der Waals surface area contributed by atoms with Crippen LogP contribution in [0.1, 0.15) is 23.5 Å². The van der Waals surface area contributed by atoms with Crippen LogP contribution >= 0.6 is 0 Å². The Hall–Kier alpha value is -3.94. The van der Waals surface area contributed by atoms with Crippen molar-refractivity contribution in [2.45, 2.75) is 12.3 Å². The second-order valence-corrected chi connectivity index (χ2v) is 6.77. The van der Waals surface area contributed by atoms with Gasteiger partial charge in [-0.05, 0) is 11.1 Å². The van der Waals surface area contributed by atoms with Gasteiger partial charge in [-0.2, -0.15) is 0 Å². The summed E-state index contributed by atoms with van der Waals surface area (Å²) >= 11 is 0. The molecule has 4 heterocycles. The van der Waals surface area contributed by atoms with Gasteiger partial charge in [-0.25, -0.2) is 15.0 Å². The normalized spacial score (nSPS) is 14.6. The molecule has 0 N–H and O–H groups in total. The first-order valence-electron chi connectivity index (χ1n) is 9.36. The number of benzene rings is 1. The molecule has 1 unspecified atom stereocenters. The Morgan fingerprint density at radius 3 is 1.66 bits per heavy atom. The number of hydrogen-bond donors (Lipinski definition) is 0. The molecular formula is C21H20N8. The third-order valence-electron chi connectivity index (χ3n) is 5.01. The summed E-state index contributed by atoms with van der Waals surface area (Å²) in [6.45, 7) is 0.744. The Morgan fingerprint density at radius 1 is 0.690 bits per heavy atom. The summed E-state index contributed by atoms with van der Waals surface area (Å²) in [5, 5.41) is 0. The molecule has 8 nitrogen and oxygen atoms in total. The standard InChI is InChI=1S/C21H20N8/c1-3-19(21(28-13-8-24-16-28)29-14-9-25-17-29)4-2-18(1)20(27-12-7-23-15-27)26-10-5-22-6-11-26/h1-10,12-17,20-21H,11H2. The minimum absolute atomic E-state index is 0.00879. The van der Waals surface area contributed by atoms with E-state index in [1.807, 2.05) is 56.2 Å². The van der Waals surface area contributed by atoms with Crippen LogP contribution in [-0.4, -0.2) is 46.3 Å². The summed E-state index contributed by atoms with van der Waals surface area (Å²) in [6, 6.07) is 8.65. The molecule has 0 saturated carbocycles. The molecule has 1 atom stereocenters. The lowest BCUT2D eigenvalue weighted by Gasteiger charge is -2.32. The van der Waals surface area contributed by atoms with Crippen molar-refractivity contribution in [1.29, 1.82) is 0 Å². The average molecular weight is 384 g/mol. The fraction of sp³-hybridized carbons (Fsp3) is 0.143. The van der Waals surface area contributed by atoms with E-state index in [0.29, 0.717) is 0 Å². The highest BCUT2D eigenvalue weighted by Crippen LogP contribution is 2.27. The number of imidazole rings is 3. The summed E-state index contributed by atoms with van der Waals surface area (Å²) in [6.07, 6.45) is 22.5. The molecule has 0 spiro atoms. The van der Waals surface area contributed by atoms with E-state index in [4.69, 9.17) is 0 Å². The van der Waals surface area contributed by atoms with Gasteiger partial charge in [0.2, 0.25) is 0 Å². The highest BCUT2D eigenvalue weighted by molar-refractivity contribution is 5.62. The molecule has 0 fully saturated rings. The van der Waals surface area contributed by atoms with E-state index in [1.54, 1.807) is 18.6 Å². The smallest absolute Gasteiger partial charge is 0.137 e. The minimum Gasteiger partial charge on any atom is -0.347 e. The van der Waals surface area contributed by atoms with Crippen molar-refractivity contribution < 1.29 is 0 Å². The monoisotopic (exact) mass is 384 g/mol. The Balaban J connectivity index is 1.51. The Kier molecular flexibility index (Phi) is 4.50. The summed E-state index contributed by atoms with van der Waals surface area (Å²) in [5.41, 5.74) is 2.31. The zero-order chi connectivity index (χ0) is 19.5. The molecule has 0 amide bonds. The third kappa shape index (κ3) is 3.36. The maximum absolute atomic E-state index is 4.23. The minimum atomic E-state index is -0.0391. The largest absolute Gasteiger partial charge is 0.347 e. The van der Waals surface area contributed by atoms with Crippen LogP contribution in [0.15, 0.2) is 97.8 Å². The first-order chi connectivity index (χ1) is 14.4. The molecule has 0 saturated heterocycles. The van der Waals surface area contributed by atoms with Gasteiger partial charge in [0, 0.05) is 55.8 Å². The second kappa shape index (κ2) is 7.59. The van der Waals surface area contributed by atoms with E-state index >= 15 is 0 Å². The van der Waals surface area contributed by atoms with Gasteiger partial charge >= 0.3 is 0 Å². The topological polar surface area (TPSA) is 69.1 Å². The van der Waals surface area contributed by atoms with Gasteiger partial charge in [0.05, 0.1) is 25.5 Å². The van der Waals surface area contributed by atoms with Gasteiger partial charge < -0.3 is 18.6 Å². The van der Waals surface area contributed by atoms with E-state index in [9.17, 15) is 0 Å². The first-order valence-corrected chi connectivity index (χ1v) is 9.36. The second-order valence-electron chi connectivity index (χ2n) is 6.77. The summed E-state index contributed by atoms with van der Waals surface area (Å²) in [4.78, 5) is 19.1. The highest BCUT2D eigenvalue weighted by Gasteiger charge is 2.21. The van der Waals surface area contributed by atoms with E-state index in [2.05, 4.69) is 62.8 Å². The van der Waals surface area contributed by atoms with Crippen LogP contribution in [0.3, 0.4) is 0 Å². The third-order valence-corrected chi connectivity index (χ3v) is 5.01. The Labute approximate surface area is 168 Å². The van der Waals surface area contributed by atoms with Crippen molar-refractivity contribution in [2.24, 2.45) is 4.99 Å². The molecule has 29 heavy (non-hydrogen) atoms. The molecule has 0 bridgehead atoms. The molecule has 8 heteroatoms. The van der Waals surface area contributed by atoms with Gasteiger partial charge in [0.25, 0.3) is 0 Å². The van der Waals surface area contributed by atoms with Crippen LogP contribution in [0.25, 0.3) is 0 Å². The van der Waals surface area contributed by atoms with E-state index in [-0.39, 0.29) is 12.3 Å². The van der Waals surface area contributed by atoms with Crippen molar-refractivity contribution in [3.05, 3.63) is 104 Å². The van der Waals surface area contributed by atoms with Crippen LogP contribution in [0.5, 0.6) is 0 Å². The average Bonchev–Trinajstić information content (AvgIpc) is 3.55. The predicted molar refractivity (Wildman–Crippen MR) is 109 cm³/mol. The molecule has 1 aliphatic heterocycles. The van der Waals surface area contributed by atoms with Crippen LogP contribution < -0.4 is 0 Å². The van der Waals surface area contributed by atoms with Gasteiger partial charge in [-0.15, -0.1) is 0 Å². The first kappa shape index (κ1) is 17.2. The number of hydrogen-bond acceptors (Lipinski definition) is 5. The van der Waals surface area contributed by atoms with Crippen LogP contribution in [0, 0.1) is 0 Å². The molecular weight excluding hydrogens is 364 g/mol. The lowest BCUT2D eigenvalue weighted by Crippen LogP contribution is -2.31. The van der Waals surface area contributed by atoms with Crippen LogP contribution in [0.4, 0.5) is 0 Å². The van der Waals surface area contributed by atoms with Crippen molar-refractivity contribution in [3.8, 4) is 0 Å². The van der Waals surface area contributed by atoms with Crippen molar-refractivity contribution in [1.82, 2.24) is 33.6 Å². The van der Waals surface area contributed by atoms with Crippen LogP contribution in [0.2, 0.25) is 0 Å². The van der Waals surface area contributed by atoms with E-state index < -0.39 is 0 Å². The highest BCUT2D eigenvalue weighted by atomic mass is 15.3. The zero-order valence-electron chi connectivity index (χ0n) is 15.7. The van der Waals surface area contributed by atoms with E-state index in [0.717, 1.165) is 12.1 Å². The SMILES string of the molecule is C1=CN(C(c2ccc(C(n3ccnc3)n3ccnc3)cc2)n2ccnc2)CC=N1. The number of aromatic nitrogens is 6. The molecule has 144 valence electrons. The molecule has 0 radical (unpaired) electrons. The van der Waals surface area contributed by atoms with Gasteiger partial charge in [-0.3, -0.25) is 4.99 Å². The fourth-order valence-electron chi connectivity index (χ4n) is 3.68. The van der Waals surface area contributed by atoms with Crippen molar-refractivity contribution >= 4 is 6.21 Å². The summed E-state index contributed by atoms with van der Waals surface area (Å²) < 4.78 is 6.23. The van der Waals surface area contributed by atoms with Crippen LogP contribution in [-0.2, 0) is 0 Å². The number of nitrogens with zero attached hydrogens (tertiary/aromatic N) is 8. The van der Waals surface area contributed by atoms with Gasteiger partial charge in [0.15, 0.2) is 0 Å².